The van der Waals surface area contributed by atoms with Gasteiger partial charge in [-0.2, -0.15) is 4.98 Å². The van der Waals surface area contributed by atoms with E-state index in [1.807, 2.05) is 0 Å². The van der Waals surface area contributed by atoms with Crippen molar-refractivity contribution in [2.24, 2.45) is 0 Å². The minimum Gasteiger partial charge on any atom is -0.366 e. The van der Waals surface area contributed by atoms with Crippen LogP contribution in [-0.4, -0.2) is 41.8 Å². The molecule has 0 aliphatic carbocycles. The van der Waals surface area contributed by atoms with Gasteiger partial charge in [0.2, 0.25) is 0 Å². The van der Waals surface area contributed by atoms with Gasteiger partial charge in [-0.25, -0.2) is 8.78 Å². The summed E-state index contributed by atoms with van der Waals surface area (Å²) < 4.78 is 37.4. The van der Waals surface area contributed by atoms with Gasteiger partial charge >= 0.3 is 0 Å². The maximum atomic E-state index is 13.6. The molecule has 1 aromatic carbocycles. The standard InChI is InChI=1S/C14H14F2N4O3/c15-8-2-1-3-9(16)12(8)14-19-11(20-23-14)7-18-13(21)10-6-17-4-5-22-10/h1-3,10,17H,4-7H2,(H,18,21). The van der Waals surface area contributed by atoms with E-state index >= 15 is 0 Å². The summed E-state index contributed by atoms with van der Waals surface area (Å²) in [4.78, 5) is 15.8. The van der Waals surface area contributed by atoms with E-state index in [1.165, 1.54) is 6.07 Å². The minimum absolute atomic E-state index is 0.0295. The quantitative estimate of drug-likeness (QED) is 0.857. The molecule has 2 aromatic rings. The molecule has 0 saturated carbocycles. The Morgan fingerprint density at radius 1 is 1.39 bits per heavy atom. The van der Waals surface area contributed by atoms with Gasteiger partial charge in [-0.05, 0) is 12.1 Å². The van der Waals surface area contributed by atoms with E-state index in [0.29, 0.717) is 19.7 Å². The van der Waals surface area contributed by atoms with Crippen molar-refractivity contribution in [2.75, 3.05) is 19.7 Å². The number of hydrogen-bond donors (Lipinski definition) is 2. The van der Waals surface area contributed by atoms with Crippen LogP contribution in [0, 0.1) is 11.6 Å². The molecule has 122 valence electrons. The lowest BCUT2D eigenvalue weighted by Crippen LogP contribution is -2.47. The zero-order valence-corrected chi connectivity index (χ0v) is 12.0. The number of morpholine rings is 1. The highest BCUT2D eigenvalue weighted by molar-refractivity contribution is 5.81. The molecule has 1 amide bonds. The summed E-state index contributed by atoms with van der Waals surface area (Å²) in [6.45, 7) is 1.55. The average Bonchev–Trinajstić information content (AvgIpc) is 3.02. The number of nitrogens with one attached hydrogen (secondary N) is 2. The fourth-order valence-electron chi connectivity index (χ4n) is 2.14. The first kappa shape index (κ1) is 15.5. The number of ether oxygens (including phenoxy) is 1. The van der Waals surface area contributed by atoms with Crippen molar-refractivity contribution in [3.8, 4) is 11.5 Å². The second kappa shape index (κ2) is 6.80. The highest BCUT2D eigenvalue weighted by atomic mass is 19.1. The van der Waals surface area contributed by atoms with Crippen LogP contribution in [0.4, 0.5) is 8.78 Å². The van der Waals surface area contributed by atoms with Crippen molar-refractivity contribution in [3.05, 3.63) is 35.7 Å². The van der Waals surface area contributed by atoms with Crippen molar-refractivity contribution in [3.63, 3.8) is 0 Å². The number of rotatable bonds is 4. The fourth-order valence-corrected chi connectivity index (χ4v) is 2.14. The number of carbonyl (C=O) groups excluding carboxylic acids is 1. The SMILES string of the molecule is O=C(NCc1noc(-c2c(F)cccc2F)n1)C1CNCCO1. The topological polar surface area (TPSA) is 89.3 Å². The van der Waals surface area contributed by atoms with Crippen LogP contribution in [0.2, 0.25) is 0 Å². The van der Waals surface area contributed by atoms with Crippen LogP contribution in [0.25, 0.3) is 11.5 Å². The molecule has 0 radical (unpaired) electrons. The van der Waals surface area contributed by atoms with Gasteiger partial charge in [0.25, 0.3) is 11.8 Å². The lowest BCUT2D eigenvalue weighted by molar-refractivity contribution is -0.134. The molecular formula is C14H14F2N4O3. The minimum atomic E-state index is -0.800. The van der Waals surface area contributed by atoms with Crippen LogP contribution >= 0.6 is 0 Å². The number of benzene rings is 1. The predicted octanol–water partition coefficient (Wildman–Crippen LogP) is 0.619. The van der Waals surface area contributed by atoms with Gasteiger partial charge in [0, 0.05) is 13.1 Å². The van der Waals surface area contributed by atoms with Gasteiger partial charge < -0.3 is 19.9 Å². The number of halogens is 2. The average molecular weight is 324 g/mol. The third-order valence-corrected chi connectivity index (χ3v) is 3.29. The molecule has 1 fully saturated rings. The van der Waals surface area contributed by atoms with Gasteiger partial charge in [0.1, 0.15) is 23.3 Å². The molecular weight excluding hydrogens is 310 g/mol. The van der Waals surface area contributed by atoms with Crippen molar-refractivity contribution in [1.82, 2.24) is 20.8 Å². The van der Waals surface area contributed by atoms with Gasteiger partial charge in [0.05, 0.1) is 13.2 Å². The molecule has 23 heavy (non-hydrogen) atoms. The van der Waals surface area contributed by atoms with E-state index in [1.54, 1.807) is 0 Å². The Morgan fingerprint density at radius 3 is 2.87 bits per heavy atom. The van der Waals surface area contributed by atoms with E-state index in [2.05, 4.69) is 20.8 Å². The normalized spacial score (nSPS) is 17.9. The Kier molecular flexibility index (Phi) is 4.58. The maximum Gasteiger partial charge on any atom is 0.263 e. The molecule has 0 spiro atoms. The summed E-state index contributed by atoms with van der Waals surface area (Å²) in [5, 5.41) is 9.22. The molecule has 7 nitrogen and oxygen atoms in total. The summed E-state index contributed by atoms with van der Waals surface area (Å²) in [5.74, 6) is -2.09. The Labute approximate surface area is 130 Å². The first-order valence-corrected chi connectivity index (χ1v) is 7.02. The van der Waals surface area contributed by atoms with Crippen LogP contribution in [0.1, 0.15) is 5.82 Å². The van der Waals surface area contributed by atoms with Crippen molar-refractivity contribution in [2.45, 2.75) is 12.6 Å². The first-order chi connectivity index (χ1) is 11.1. The Bertz CT molecular complexity index is 681. The van der Waals surface area contributed by atoms with E-state index in [0.717, 1.165) is 12.1 Å². The summed E-state index contributed by atoms with van der Waals surface area (Å²) in [5.41, 5.74) is -0.391. The lowest BCUT2D eigenvalue weighted by atomic mass is 10.2. The number of hydrogen-bond acceptors (Lipinski definition) is 6. The summed E-state index contributed by atoms with van der Waals surface area (Å²) in [6, 6.07) is 3.43. The molecule has 2 N–H and O–H groups in total. The summed E-state index contributed by atoms with van der Waals surface area (Å²) in [7, 11) is 0. The summed E-state index contributed by atoms with van der Waals surface area (Å²) in [6.07, 6.45) is -0.584. The van der Waals surface area contributed by atoms with Crippen molar-refractivity contribution >= 4 is 5.91 Å². The third kappa shape index (κ3) is 3.51. The molecule has 3 rings (SSSR count). The highest BCUT2D eigenvalue weighted by Gasteiger charge is 2.22. The van der Waals surface area contributed by atoms with Crippen LogP contribution in [0.3, 0.4) is 0 Å². The Morgan fingerprint density at radius 2 is 2.17 bits per heavy atom. The number of aromatic nitrogens is 2. The fraction of sp³-hybridized carbons (Fsp3) is 0.357. The lowest BCUT2D eigenvalue weighted by Gasteiger charge is -2.22. The first-order valence-electron chi connectivity index (χ1n) is 7.02. The number of nitrogens with zero attached hydrogens (tertiary/aromatic N) is 2. The largest absolute Gasteiger partial charge is 0.366 e. The van der Waals surface area contributed by atoms with E-state index < -0.39 is 23.3 Å². The number of carbonyl (C=O) groups is 1. The molecule has 0 bridgehead atoms. The van der Waals surface area contributed by atoms with Crippen LogP contribution in [0.5, 0.6) is 0 Å². The van der Waals surface area contributed by atoms with Crippen molar-refractivity contribution < 1.29 is 22.8 Å². The molecule has 1 aromatic heterocycles. The second-order valence-corrected chi connectivity index (χ2v) is 4.89. The number of amides is 1. The maximum absolute atomic E-state index is 13.6. The monoisotopic (exact) mass is 324 g/mol. The van der Waals surface area contributed by atoms with E-state index in [4.69, 9.17) is 9.26 Å². The zero-order valence-electron chi connectivity index (χ0n) is 12.0. The molecule has 1 unspecified atom stereocenters. The van der Waals surface area contributed by atoms with Gasteiger partial charge in [-0.1, -0.05) is 11.2 Å². The second-order valence-electron chi connectivity index (χ2n) is 4.89. The molecule has 1 atom stereocenters. The molecule has 1 aliphatic heterocycles. The molecule has 1 aliphatic rings. The Balaban J connectivity index is 1.64. The van der Waals surface area contributed by atoms with Gasteiger partial charge in [-0.3, -0.25) is 4.79 Å². The summed E-state index contributed by atoms with van der Waals surface area (Å²) >= 11 is 0. The van der Waals surface area contributed by atoms with Crippen molar-refractivity contribution in [1.29, 1.82) is 0 Å². The highest BCUT2D eigenvalue weighted by Crippen LogP contribution is 2.24. The zero-order chi connectivity index (χ0) is 16.2. The Hall–Kier alpha value is -2.39. The van der Waals surface area contributed by atoms with Crippen LogP contribution in [-0.2, 0) is 16.1 Å². The third-order valence-electron chi connectivity index (χ3n) is 3.29. The van der Waals surface area contributed by atoms with Gasteiger partial charge in [-0.15, -0.1) is 0 Å². The molecule has 9 heteroatoms. The molecule has 1 saturated heterocycles. The molecule has 2 heterocycles. The predicted molar refractivity (Wildman–Crippen MR) is 74.1 cm³/mol. The van der Waals surface area contributed by atoms with E-state index in [-0.39, 0.29) is 24.2 Å². The van der Waals surface area contributed by atoms with Gasteiger partial charge in [0.15, 0.2) is 5.82 Å². The van der Waals surface area contributed by atoms with Crippen LogP contribution < -0.4 is 10.6 Å². The van der Waals surface area contributed by atoms with Crippen LogP contribution in [0.15, 0.2) is 22.7 Å². The van der Waals surface area contributed by atoms with E-state index in [9.17, 15) is 13.6 Å². The smallest absolute Gasteiger partial charge is 0.263 e.